The minimum absolute atomic E-state index is 0.297. The van der Waals surface area contributed by atoms with Gasteiger partial charge in [-0.3, -0.25) is 9.25 Å². The second kappa shape index (κ2) is 8.29. The van der Waals surface area contributed by atoms with Gasteiger partial charge in [-0.05, 0) is 32.4 Å². The van der Waals surface area contributed by atoms with Crippen LogP contribution in [-0.4, -0.2) is 39.4 Å². The molecule has 0 spiro atoms. The summed E-state index contributed by atoms with van der Waals surface area (Å²) in [6.45, 7) is 4.71. The average molecular weight is 342 g/mol. The third-order valence-corrected chi connectivity index (χ3v) is 5.21. The molecular weight excluding hydrogens is 322 g/mol. The van der Waals surface area contributed by atoms with E-state index in [4.69, 9.17) is 9.05 Å². The smallest absolute Gasteiger partial charge is 0.309 e. The van der Waals surface area contributed by atoms with E-state index in [1.807, 2.05) is 0 Å². The summed E-state index contributed by atoms with van der Waals surface area (Å²) < 4.78 is 38.0. The van der Waals surface area contributed by atoms with Crippen LogP contribution < -0.4 is 0 Å². The highest BCUT2D eigenvalue weighted by Crippen LogP contribution is 2.48. The van der Waals surface area contributed by atoms with E-state index < -0.39 is 13.5 Å². The van der Waals surface area contributed by atoms with E-state index in [2.05, 4.69) is 15.3 Å². The molecule has 0 bridgehead atoms. The largest absolute Gasteiger partial charge is 0.330 e. The van der Waals surface area contributed by atoms with Crippen LogP contribution in [0.25, 0.3) is 11.3 Å². The molecular formula is C14H20FN4O3P. The van der Waals surface area contributed by atoms with Crippen molar-refractivity contribution in [2.45, 2.75) is 26.8 Å². The first-order valence-electron chi connectivity index (χ1n) is 7.47. The van der Waals surface area contributed by atoms with Gasteiger partial charge in [-0.2, -0.15) is 4.39 Å². The zero-order chi connectivity index (χ0) is 16.7. The predicted molar refractivity (Wildman–Crippen MR) is 83.6 cm³/mol. The van der Waals surface area contributed by atoms with Gasteiger partial charge in [-0.1, -0.05) is 5.21 Å². The number of rotatable bonds is 9. The summed E-state index contributed by atoms with van der Waals surface area (Å²) in [6, 6.07) is 3.23. The van der Waals surface area contributed by atoms with E-state index in [1.54, 1.807) is 36.9 Å². The fourth-order valence-corrected chi connectivity index (χ4v) is 3.74. The third kappa shape index (κ3) is 4.92. The van der Waals surface area contributed by atoms with E-state index in [9.17, 15) is 8.96 Å². The van der Waals surface area contributed by atoms with E-state index >= 15 is 0 Å². The first-order valence-corrected chi connectivity index (χ1v) is 9.20. The summed E-state index contributed by atoms with van der Waals surface area (Å²) in [5.74, 6) is -0.586. The third-order valence-electron chi connectivity index (χ3n) is 3.04. The molecule has 2 heterocycles. The van der Waals surface area contributed by atoms with Crippen molar-refractivity contribution in [3.8, 4) is 11.3 Å². The molecule has 0 atom stereocenters. The van der Waals surface area contributed by atoms with Crippen LogP contribution in [0.4, 0.5) is 4.39 Å². The molecule has 2 aromatic heterocycles. The SMILES string of the molecule is CCOP(=O)(CCCn1cc(-c2cccnc2F)nn1)OCC. The van der Waals surface area contributed by atoms with Crippen molar-refractivity contribution < 1.29 is 18.0 Å². The number of hydrogen-bond donors (Lipinski definition) is 0. The van der Waals surface area contributed by atoms with E-state index in [1.165, 1.54) is 6.20 Å². The van der Waals surface area contributed by atoms with Crippen molar-refractivity contribution in [2.24, 2.45) is 0 Å². The lowest BCUT2D eigenvalue weighted by Crippen LogP contribution is -2.05. The summed E-state index contributed by atoms with van der Waals surface area (Å²) >= 11 is 0. The number of aryl methyl sites for hydroxylation is 1. The number of hydrogen-bond acceptors (Lipinski definition) is 6. The molecule has 0 radical (unpaired) electrons. The Kier molecular flexibility index (Phi) is 6.38. The monoisotopic (exact) mass is 342 g/mol. The van der Waals surface area contributed by atoms with Gasteiger partial charge in [0.1, 0.15) is 5.69 Å². The molecule has 2 aromatic rings. The molecule has 0 unspecified atom stereocenters. The first kappa shape index (κ1) is 17.7. The number of aromatic nitrogens is 4. The maximum absolute atomic E-state index is 13.6. The van der Waals surface area contributed by atoms with Crippen molar-refractivity contribution in [3.05, 3.63) is 30.5 Å². The lowest BCUT2D eigenvalue weighted by Gasteiger charge is -2.16. The molecule has 23 heavy (non-hydrogen) atoms. The van der Waals surface area contributed by atoms with Crippen LogP contribution in [0.3, 0.4) is 0 Å². The molecule has 0 N–H and O–H groups in total. The molecule has 9 heteroatoms. The van der Waals surface area contributed by atoms with Gasteiger partial charge in [0.2, 0.25) is 5.95 Å². The van der Waals surface area contributed by atoms with Gasteiger partial charge >= 0.3 is 7.60 Å². The van der Waals surface area contributed by atoms with Gasteiger partial charge < -0.3 is 9.05 Å². The van der Waals surface area contributed by atoms with Crippen molar-refractivity contribution in [1.29, 1.82) is 0 Å². The molecule has 0 aliphatic heterocycles. The number of halogens is 1. The lowest BCUT2D eigenvalue weighted by atomic mass is 10.2. The van der Waals surface area contributed by atoms with Crippen LogP contribution in [0, 0.1) is 5.95 Å². The average Bonchev–Trinajstić information content (AvgIpc) is 2.97. The highest BCUT2D eigenvalue weighted by molar-refractivity contribution is 7.53. The van der Waals surface area contributed by atoms with Crippen LogP contribution in [-0.2, 0) is 20.2 Å². The van der Waals surface area contributed by atoms with Crippen LogP contribution in [0.2, 0.25) is 0 Å². The highest BCUT2D eigenvalue weighted by atomic mass is 31.2. The molecule has 0 saturated carbocycles. The highest BCUT2D eigenvalue weighted by Gasteiger charge is 2.22. The summed E-state index contributed by atoms with van der Waals surface area (Å²) in [4.78, 5) is 3.59. The summed E-state index contributed by atoms with van der Waals surface area (Å²) in [5, 5.41) is 7.88. The van der Waals surface area contributed by atoms with Gasteiger partial charge in [0.15, 0.2) is 0 Å². The zero-order valence-electron chi connectivity index (χ0n) is 13.2. The van der Waals surface area contributed by atoms with Gasteiger partial charge in [0.05, 0.1) is 31.1 Å². The Hall–Kier alpha value is -1.63. The maximum Gasteiger partial charge on any atom is 0.330 e. The van der Waals surface area contributed by atoms with Crippen LogP contribution in [0.5, 0.6) is 0 Å². The number of nitrogens with zero attached hydrogens (tertiary/aromatic N) is 4. The molecule has 0 aromatic carbocycles. The molecule has 2 rings (SSSR count). The Morgan fingerprint density at radius 3 is 2.70 bits per heavy atom. The van der Waals surface area contributed by atoms with Crippen molar-refractivity contribution >= 4 is 7.60 Å². The Balaban J connectivity index is 1.95. The number of pyridine rings is 1. The quantitative estimate of drug-likeness (QED) is 0.514. The molecule has 0 aliphatic carbocycles. The fourth-order valence-electron chi connectivity index (χ4n) is 2.09. The lowest BCUT2D eigenvalue weighted by molar-refractivity contribution is 0.219. The predicted octanol–water partition coefficient (Wildman–Crippen LogP) is 3.14. The van der Waals surface area contributed by atoms with Crippen molar-refractivity contribution in [2.75, 3.05) is 19.4 Å². The minimum Gasteiger partial charge on any atom is -0.309 e. The van der Waals surface area contributed by atoms with Crippen molar-refractivity contribution in [3.63, 3.8) is 0 Å². The summed E-state index contributed by atoms with van der Waals surface area (Å²) in [6.07, 6.45) is 3.86. The minimum atomic E-state index is -3.05. The second-order valence-corrected chi connectivity index (χ2v) is 6.92. The molecule has 0 amide bonds. The van der Waals surface area contributed by atoms with E-state index in [0.29, 0.717) is 43.6 Å². The zero-order valence-corrected chi connectivity index (χ0v) is 14.1. The second-order valence-electron chi connectivity index (χ2n) is 4.73. The summed E-state index contributed by atoms with van der Waals surface area (Å²) in [5.41, 5.74) is 0.710. The molecule has 0 saturated heterocycles. The Bertz CT molecular complexity index is 670. The Morgan fingerprint density at radius 1 is 1.30 bits per heavy atom. The first-order chi connectivity index (χ1) is 11.1. The summed E-state index contributed by atoms with van der Waals surface area (Å²) in [7, 11) is -3.05. The van der Waals surface area contributed by atoms with Gasteiger partial charge in [-0.15, -0.1) is 5.10 Å². The van der Waals surface area contributed by atoms with Gasteiger partial charge in [0.25, 0.3) is 0 Å². The fraction of sp³-hybridized carbons (Fsp3) is 0.500. The molecule has 0 aliphatic rings. The van der Waals surface area contributed by atoms with E-state index in [-0.39, 0.29) is 0 Å². The molecule has 7 nitrogen and oxygen atoms in total. The van der Waals surface area contributed by atoms with Gasteiger partial charge in [0, 0.05) is 12.7 Å². The maximum atomic E-state index is 13.6. The standard InChI is InChI=1S/C14H20FN4O3P/c1-3-21-23(20,22-4-2)10-6-9-19-11-13(17-18-19)12-7-5-8-16-14(12)15/h5,7-8,11H,3-4,6,9-10H2,1-2H3. The van der Waals surface area contributed by atoms with Crippen LogP contribution in [0.15, 0.2) is 24.5 Å². The van der Waals surface area contributed by atoms with Gasteiger partial charge in [-0.25, -0.2) is 4.98 Å². The van der Waals surface area contributed by atoms with Crippen molar-refractivity contribution in [1.82, 2.24) is 20.0 Å². The normalized spacial score (nSPS) is 11.8. The van der Waals surface area contributed by atoms with E-state index in [0.717, 1.165) is 0 Å². The Morgan fingerprint density at radius 2 is 2.04 bits per heavy atom. The molecule has 126 valence electrons. The van der Waals surface area contributed by atoms with Crippen LogP contribution >= 0.6 is 7.60 Å². The van der Waals surface area contributed by atoms with Crippen LogP contribution in [0.1, 0.15) is 20.3 Å². The molecule has 0 fully saturated rings. The topological polar surface area (TPSA) is 79.1 Å². The Labute approximate surface area is 134 Å².